The summed E-state index contributed by atoms with van der Waals surface area (Å²) < 4.78 is 5.34. The predicted octanol–water partition coefficient (Wildman–Crippen LogP) is 7.22. The Morgan fingerprint density at radius 2 is 1.49 bits per heavy atom. The molecule has 1 aliphatic heterocycles. The van der Waals surface area contributed by atoms with E-state index < -0.39 is 6.04 Å². The number of carbonyl (C=O) groups excluding carboxylic acids is 2. The van der Waals surface area contributed by atoms with Gasteiger partial charge in [0.05, 0.1) is 24.5 Å². The maximum absolute atomic E-state index is 14.2. The van der Waals surface area contributed by atoms with Crippen molar-refractivity contribution in [3.05, 3.63) is 137 Å². The smallest absolute Gasteiger partial charge is 0.259 e. The molecule has 4 aromatic carbocycles. The van der Waals surface area contributed by atoms with Gasteiger partial charge in [0, 0.05) is 23.3 Å². The summed E-state index contributed by atoms with van der Waals surface area (Å²) in [6.07, 6.45) is 1.04. The maximum Gasteiger partial charge on any atom is 0.259 e. The van der Waals surface area contributed by atoms with Crippen molar-refractivity contribution >= 4 is 23.1 Å². The first-order chi connectivity index (χ1) is 19.0. The van der Waals surface area contributed by atoms with E-state index in [-0.39, 0.29) is 17.6 Å². The third-order valence-electron chi connectivity index (χ3n) is 7.71. The first-order valence-corrected chi connectivity index (χ1v) is 13.2. The van der Waals surface area contributed by atoms with E-state index in [1.54, 1.807) is 12.0 Å². The predicted molar refractivity (Wildman–Crippen MR) is 154 cm³/mol. The summed E-state index contributed by atoms with van der Waals surface area (Å²) in [5.41, 5.74) is 6.79. The van der Waals surface area contributed by atoms with E-state index in [2.05, 4.69) is 5.32 Å². The second kappa shape index (κ2) is 10.3. The minimum absolute atomic E-state index is 0.0249. The molecule has 6 rings (SSSR count). The Hall–Kier alpha value is -4.64. The Labute approximate surface area is 228 Å². The largest absolute Gasteiger partial charge is 0.497 e. The van der Waals surface area contributed by atoms with Gasteiger partial charge in [-0.2, -0.15) is 0 Å². The molecule has 1 amide bonds. The van der Waals surface area contributed by atoms with Crippen molar-refractivity contribution in [3.8, 4) is 5.75 Å². The summed E-state index contributed by atoms with van der Waals surface area (Å²) in [7, 11) is 1.65. The topological polar surface area (TPSA) is 58.6 Å². The number of rotatable bonds is 4. The van der Waals surface area contributed by atoms with E-state index in [4.69, 9.17) is 4.74 Å². The molecular formula is C34H30N2O3. The molecule has 2 unspecified atom stereocenters. The molecule has 5 nitrogen and oxygen atoms in total. The highest BCUT2D eigenvalue weighted by atomic mass is 16.5. The molecule has 0 aromatic heterocycles. The number of para-hydroxylation sites is 2. The molecule has 4 aromatic rings. The number of amides is 1. The van der Waals surface area contributed by atoms with Crippen LogP contribution >= 0.6 is 0 Å². The molecular weight excluding hydrogens is 484 g/mol. The minimum atomic E-state index is -0.561. The normalized spacial score (nSPS) is 18.5. The Morgan fingerprint density at radius 1 is 0.821 bits per heavy atom. The minimum Gasteiger partial charge on any atom is -0.497 e. The maximum atomic E-state index is 14.2. The van der Waals surface area contributed by atoms with Gasteiger partial charge in [-0.3, -0.25) is 14.5 Å². The number of methoxy groups -OCH3 is 1. The van der Waals surface area contributed by atoms with Crippen LogP contribution in [0.4, 0.5) is 11.4 Å². The van der Waals surface area contributed by atoms with Gasteiger partial charge in [-0.15, -0.1) is 0 Å². The second-order valence-electron chi connectivity index (χ2n) is 10.2. The van der Waals surface area contributed by atoms with Crippen molar-refractivity contribution in [2.24, 2.45) is 0 Å². The molecule has 5 heteroatoms. The number of anilines is 2. The standard InChI is InChI=1S/C34H30N2O3/c1-22-12-14-24(15-13-22)33-32-29(20-26(21-31(32)37)23-16-18-27(39-2)19-17-23)35-28-10-6-7-11-30(28)36(33)34(38)25-8-4-3-5-9-25/h3-19,26,33,35H,20-21H2,1-2H3. The van der Waals surface area contributed by atoms with Gasteiger partial charge in [-0.05, 0) is 66.8 Å². The Bertz CT molecular complexity index is 1560. The first kappa shape index (κ1) is 24.7. The molecule has 1 heterocycles. The fourth-order valence-corrected chi connectivity index (χ4v) is 5.71. The number of hydrogen-bond donors (Lipinski definition) is 1. The molecule has 0 saturated heterocycles. The summed E-state index contributed by atoms with van der Waals surface area (Å²) in [4.78, 5) is 30.2. The van der Waals surface area contributed by atoms with Gasteiger partial charge < -0.3 is 10.1 Å². The van der Waals surface area contributed by atoms with E-state index in [0.29, 0.717) is 24.0 Å². The molecule has 2 atom stereocenters. The highest BCUT2D eigenvalue weighted by Gasteiger charge is 2.41. The van der Waals surface area contributed by atoms with Crippen LogP contribution in [0.5, 0.6) is 5.75 Å². The number of ketones is 1. The van der Waals surface area contributed by atoms with Crippen LogP contribution < -0.4 is 15.0 Å². The lowest BCUT2D eigenvalue weighted by Crippen LogP contribution is -2.38. The fraction of sp³-hybridized carbons (Fsp3) is 0.176. The van der Waals surface area contributed by atoms with E-state index in [9.17, 15) is 9.59 Å². The van der Waals surface area contributed by atoms with Gasteiger partial charge in [0.1, 0.15) is 5.75 Å². The Morgan fingerprint density at radius 3 is 2.21 bits per heavy atom. The quantitative estimate of drug-likeness (QED) is 0.312. The van der Waals surface area contributed by atoms with Crippen molar-refractivity contribution in [1.82, 2.24) is 0 Å². The SMILES string of the molecule is COc1ccc(C2CC(=O)C3=C(C2)Nc2ccccc2N(C(=O)c2ccccc2)C3c2ccc(C)cc2)cc1. The van der Waals surface area contributed by atoms with E-state index in [1.165, 1.54) is 0 Å². The lowest BCUT2D eigenvalue weighted by molar-refractivity contribution is -0.116. The zero-order valence-electron chi connectivity index (χ0n) is 22.1. The summed E-state index contributed by atoms with van der Waals surface area (Å²) in [6.45, 7) is 2.04. The lowest BCUT2D eigenvalue weighted by Gasteiger charge is -2.35. The number of carbonyl (C=O) groups is 2. The Balaban J connectivity index is 1.53. The van der Waals surface area contributed by atoms with Gasteiger partial charge in [-0.25, -0.2) is 0 Å². The molecule has 2 aliphatic rings. The van der Waals surface area contributed by atoms with Crippen LogP contribution in [0.15, 0.2) is 114 Å². The van der Waals surface area contributed by atoms with Crippen LogP contribution in [0, 0.1) is 6.92 Å². The average Bonchev–Trinajstić information content (AvgIpc) is 3.12. The zero-order valence-corrected chi connectivity index (χ0v) is 22.1. The van der Waals surface area contributed by atoms with Gasteiger partial charge in [0.2, 0.25) is 0 Å². The van der Waals surface area contributed by atoms with Crippen LogP contribution in [0.2, 0.25) is 0 Å². The molecule has 0 saturated carbocycles. The number of fused-ring (bicyclic) bond motifs is 1. The first-order valence-electron chi connectivity index (χ1n) is 13.2. The number of nitrogens with one attached hydrogen (secondary N) is 1. The summed E-state index contributed by atoms with van der Waals surface area (Å²) in [5, 5.41) is 3.60. The highest BCUT2D eigenvalue weighted by molar-refractivity contribution is 6.12. The molecule has 0 spiro atoms. The Kier molecular flexibility index (Phi) is 6.49. The molecule has 0 fully saturated rings. The van der Waals surface area contributed by atoms with E-state index in [0.717, 1.165) is 39.5 Å². The van der Waals surface area contributed by atoms with Crippen LogP contribution in [-0.2, 0) is 4.79 Å². The number of Topliss-reactive ketones (excluding diaryl/α,β-unsaturated/α-hetero) is 1. The molecule has 0 radical (unpaired) electrons. The van der Waals surface area contributed by atoms with Gasteiger partial charge >= 0.3 is 0 Å². The average molecular weight is 515 g/mol. The number of nitrogens with zero attached hydrogens (tertiary/aromatic N) is 1. The molecule has 1 N–H and O–H groups in total. The van der Waals surface area contributed by atoms with Gasteiger partial charge in [0.25, 0.3) is 5.91 Å². The molecule has 1 aliphatic carbocycles. The third kappa shape index (κ3) is 4.61. The second-order valence-corrected chi connectivity index (χ2v) is 10.2. The number of hydrogen-bond acceptors (Lipinski definition) is 4. The monoisotopic (exact) mass is 514 g/mol. The van der Waals surface area contributed by atoms with Crippen molar-refractivity contribution in [2.45, 2.75) is 31.7 Å². The number of ether oxygens (including phenoxy) is 1. The van der Waals surface area contributed by atoms with E-state index in [1.807, 2.05) is 110 Å². The van der Waals surface area contributed by atoms with Gasteiger partial charge in [-0.1, -0.05) is 72.3 Å². The summed E-state index contributed by atoms with van der Waals surface area (Å²) >= 11 is 0. The van der Waals surface area contributed by atoms with Crippen LogP contribution in [0.25, 0.3) is 0 Å². The highest BCUT2D eigenvalue weighted by Crippen LogP contribution is 2.48. The van der Waals surface area contributed by atoms with Gasteiger partial charge in [0.15, 0.2) is 5.78 Å². The molecule has 194 valence electrons. The number of benzene rings is 4. The van der Waals surface area contributed by atoms with E-state index >= 15 is 0 Å². The lowest BCUT2D eigenvalue weighted by atomic mass is 9.78. The summed E-state index contributed by atoms with van der Waals surface area (Å²) in [5.74, 6) is 0.719. The van der Waals surface area contributed by atoms with Crippen LogP contribution in [0.3, 0.4) is 0 Å². The van der Waals surface area contributed by atoms with Crippen molar-refractivity contribution in [1.29, 1.82) is 0 Å². The summed E-state index contributed by atoms with van der Waals surface area (Å²) in [6, 6.07) is 32.6. The van der Waals surface area contributed by atoms with Crippen molar-refractivity contribution in [2.75, 3.05) is 17.3 Å². The molecule has 0 bridgehead atoms. The van der Waals surface area contributed by atoms with Crippen LogP contribution in [0.1, 0.15) is 51.8 Å². The van der Waals surface area contributed by atoms with Crippen LogP contribution in [-0.4, -0.2) is 18.8 Å². The number of aryl methyl sites for hydroxylation is 1. The van der Waals surface area contributed by atoms with Crippen molar-refractivity contribution in [3.63, 3.8) is 0 Å². The fourth-order valence-electron chi connectivity index (χ4n) is 5.71. The zero-order chi connectivity index (χ0) is 26.9. The van der Waals surface area contributed by atoms with Crippen molar-refractivity contribution < 1.29 is 14.3 Å². The number of allylic oxidation sites excluding steroid dienone is 1. The molecule has 39 heavy (non-hydrogen) atoms. The third-order valence-corrected chi connectivity index (χ3v) is 7.71.